The SMILES string of the molecule is CSCCC(NC(=O)C(N)CCCCN)C(=O)NC(CCC(N)=O)C(=O)NC(Cc1ccccc1)C(=O)O. The fourth-order valence-electron chi connectivity index (χ4n) is 3.57. The molecular weight excluding hydrogens is 512 g/mol. The lowest BCUT2D eigenvalue weighted by molar-refractivity contribution is -0.142. The van der Waals surface area contributed by atoms with Gasteiger partial charge in [0.25, 0.3) is 0 Å². The summed E-state index contributed by atoms with van der Waals surface area (Å²) in [7, 11) is 0. The van der Waals surface area contributed by atoms with Gasteiger partial charge in [-0.15, -0.1) is 0 Å². The molecule has 1 aromatic rings. The number of aliphatic carboxylic acids is 1. The number of unbranched alkanes of at least 4 members (excludes halogenated alkanes) is 1. The van der Waals surface area contributed by atoms with Crippen LogP contribution in [0.15, 0.2) is 30.3 Å². The second-order valence-electron chi connectivity index (χ2n) is 8.89. The second kappa shape index (κ2) is 18.2. The molecule has 0 radical (unpaired) electrons. The van der Waals surface area contributed by atoms with Gasteiger partial charge in [-0.2, -0.15) is 11.8 Å². The Balaban J connectivity index is 2.97. The first-order valence-electron chi connectivity index (χ1n) is 12.5. The zero-order valence-electron chi connectivity index (χ0n) is 21.7. The van der Waals surface area contributed by atoms with Crippen molar-refractivity contribution in [3.63, 3.8) is 0 Å². The molecule has 10 N–H and O–H groups in total. The van der Waals surface area contributed by atoms with Crippen molar-refractivity contribution >= 4 is 41.4 Å². The van der Waals surface area contributed by atoms with Crippen molar-refractivity contribution in [2.75, 3.05) is 18.6 Å². The molecule has 0 bridgehead atoms. The predicted octanol–water partition coefficient (Wildman–Crippen LogP) is -0.757. The molecule has 4 atom stereocenters. The topological polar surface area (TPSA) is 220 Å². The number of thioether (sulfide) groups is 1. The highest BCUT2D eigenvalue weighted by Crippen LogP contribution is 2.08. The van der Waals surface area contributed by atoms with Crippen molar-refractivity contribution in [3.8, 4) is 0 Å². The van der Waals surface area contributed by atoms with Gasteiger partial charge < -0.3 is 38.3 Å². The number of nitrogens with two attached hydrogens (primary N) is 3. The molecule has 0 heterocycles. The molecule has 12 nitrogen and oxygen atoms in total. The summed E-state index contributed by atoms with van der Waals surface area (Å²) in [5.74, 6) is -3.34. The number of carbonyl (C=O) groups excluding carboxylic acids is 4. The summed E-state index contributed by atoms with van der Waals surface area (Å²) in [5, 5.41) is 17.3. The number of nitrogens with one attached hydrogen (secondary N) is 3. The Morgan fingerprint density at radius 2 is 1.45 bits per heavy atom. The van der Waals surface area contributed by atoms with Crippen LogP contribution < -0.4 is 33.2 Å². The molecule has 0 aliphatic heterocycles. The largest absolute Gasteiger partial charge is 0.480 e. The van der Waals surface area contributed by atoms with Gasteiger partial charge in [0.15, 0.2) is 0 Å². The van der Waals surface area contributed by atoms with E-state index in [0.717, 1.165) is 6.42 Å². The van der Waals surface area contributed by atoms with Crippen molar-refractivity contribution < 1.29 is 29.1 Å². The molecule has 0 spiro atoms. The lowest BCUT2D eigenvalue weighted by Gasteiger charge is -2.25. The van der Waals surface area contributed by atoms with Gasteiger partial charge in [-0.1, -0.05) is 36.8 Å². The Kier molecular flexibility index (Phi) is 15.7. The highest BCUT2D eigenvalue weighted by atomic mass is 32.2. The van der Waals surface area contributed by atoms with Crippen molar-refractivity contribution in [3.05, 3.63) is 35.9 Å². The lowest BCUT2D eigenvalue weighted by Crippen LogP contribution is -2.57. The maximum absolute atomic E-state index is 13.1. The van der Waals surface area contributed by atoms with E-state index in [-0.39, 0.29) is 25.7 Å². The Labute approximate surface area is 227 Å². The molecule has 13 heteroatoms. The molecule has 1 rings (SSSR count). The molecule has 38 heavy (non-hydrogen) atoms. The van der Waals surface area contributed by atoms with Crippen LogP contribution in [-0.2, 0) is 30.4 Å². The number of carbonyl (C=O) groups is 5. The van der Waals surface area contributed by atoms with Crippen LogP contribution in [0.4, 0.5) is 0 Å². The fourth-order valence-corrected chi connectivity index (χ4v) is 4.04. The summed E-state index contributed by atoms with van der Waals surface area (Å²) < 4.78 is 0. The van der Waals surface area contributed by atoms with Gasteiger partial charge in [0.05, 0.1) is 6.04 Å². The highest BCUT2D eigenvalue weighted by molar-refractivity contribution is 7.98. The van der Waals surface area contributed by atoms with Gasteiger partial charge in [0.1, 0.15) is 18.1 Å². The molecule has 0 saturated carbocycles. The molecule has 0 aliphatic carbocycles. The number of benzene rings is 1. The third kappa shape index (κ3) is 12.9. The van der Waals surface area contributed by atoms with Gasteiger partial charge in [0.2, 0.25) is 23.6 Å². The van der Waals surface area contributed by atoms with E-state index >= 15 is 0 Å². The fraction of sp³-hybridized carbons (Fsp3) is 0.560. The highest BCUT2D eigenvalue weighted by Gasteiger charge is 2.30. The Hall–Kier alpha value is -3.16. The monoisotopic (exact) mass is 552 g/mol. The molecule has 4 amide bonds. The van der Waals surface area contributed by atoms with Crippen LogP contribution in [0.2, 0.25) is 0 Å². The van der Waals surface area contributed by atoms with Gasteiger partial charge in [-0.25, -0.2) is 4.79 Å². The van der Waals surface area contributed by atoms with E-state index in [2.05, 4.69) is 16.0 Å². The average Bonchev–Trinajstić information content (AvgIpc) is 2.88. The number of carboxylic acid groups (broad SMARTS) is 1. The lowest BCUT2D eigenvalue weighted by atomic mass is 10.0. The minimum absolute atomic E-state index is 0.0207. The first kappa shape index (κ1) is 32.9. The summed E-state index contributed by atoms with van der Waals surface area (Å²) in [6.07, 6.45) is 3.55. The van der Waals surface area contributed by atoms with Crippen LogP contribution in [0.3, 0.4) is 0 Å². The maximum Gasteiger partial charge on any atom is 0.326 e. The Morgan fingerprint density at radius 1 is 0.868 bits per heavy atom. The average molecular weight is 553 g/mol. The van der Waals surface area contributed by atoms with Crippen molar-refractivity contribution in [1.82, 2.24) is 16.0 Å². The molecule has 1 aromatic carbocycles. The van der Waals surface area contributed by atoms with E-state index in [4.69, 9.17) is 17.2 Å². The molecule has 0 fully saturated rings. The van der Waals surface area contributed by atoms with E-state index in [1.165, 1.54) is 11.8 Å². The van der Waals surface area contributed by atoms with E-state index in [1.54, 1.807) is 30.3 Å². The number of carboxylic acids is 1. The van der Waals surface area contributed by atoms with E-state index in [9.17, 15) is 29.1 Å². The van der Waals surface area contributed by atoms with Crippen molar-refractivity contribution in [1.29, 1.82) is 0 Å². The molecule has 212 valence electrons. The van der Waals surface area contributed by atoms with Gasteiger partial charge in [-0.3, -0.25) is 19.2 Å². The summed E-state index contributed by atoms with van der Waals surface area (Å²) in [6, 6.07) is 4.41. The minimum Gasteiger partial charge on any atom is -0.480 e. The normalized spacial score (nSPS) is 14.0. The number of amides is 4. The van der Waals surface area contributed by atoms with Crippen LogP contribution in [0, 0.1) is 0 Å². The number of hydrogen-bond acceptors (Lipinski definition) is 8. The standard InChI is InChI=1S/C25H40N6O6S/c1-38-14-12-19(29-22(33)17(27)9-5-6-13-26)24(35)30-18(10-11-21(28)32)23(34)31-20(25(36)37)15-16-7-3-2-4-8-16/h2-4,7-8,17-20H,5-6,9-15,26-27H2,1H3,(H2,28,32)(H,29,33)(H,30,35)(H,31,34)(H,36,37). The molecule has 0 aromatic heterocycles. The minimum atomic E-state index is -1.27. The zero-order valence-corrected chi connectivity index (χ0v) is 22.5. The smallest absolute Gasteiger partial charge is 0.326 e. The molecular formula is C25H40N6O6S. The third-order valence-electron chi connectivity index (χ3n) is 5.76. The summed E-state index contributed by atoms with van der Waals surface area (Å²) in [4.78, 5) is 62.0. The van der Waals surface area contributed by atoms with Gasteiger partial charge >= 0.3 is 5.97 Å². The van der Waals surface area contributed by atoms with Crippen LogP contribution in [0.25, 0.3) is 0 Å². The Bertz CT molecular complexity index is 919. The zero-order chi connectivity index (χ0) is 28.5. The first-order valence-corrected chi connectivity index (χ1v) is 13.9. The van der Waals surface area contributed by atoms with Crippen LogP contribution in [0.5, 0.6) is 0 Å². The third-order valence-corrected chi connectivity index (χ3v) is 6.40. The predicted molar refractivity (Wildman–Crippen MR) is 146 cm³/mol. The van der Waals surface area contributed by atoms with Crippen LogP contribution in [-0.4, -0.2) is 77.4 Å². The number of rotatable bonds is 19. The summed E-state index contributed by atoms with van der Waals surface area (Å²) in [6.45, 7) is 0.482. The number of primary amides is 1. The summed E-state index contributed by atoms with van der Waals surface area (Å²) >= 11 is 1.47. The molecule has 0 saturated heterocycles. The van der Waals surface area contributed by atoms with Crippen LogP contribution >= 0.6 is 11.8 Å². The molecule has 4 unspecified atom stereocenters. The maximum atomic E-state index is 13.1. The van der Waals surface area contributed by atoms with E-state index in [0.29, 0.717) is 30.7 Å². The van der Waals surface area contributed by atoms with Crippen LogP contribution in [0.1, 0.15) is 44.1 Å². The van der Waals surface area contributed by atoms with Gasteiger partial charge in [-0.05, 0) is 49.8 Å². The van der Waals surface area contributed by atoms with E-state index in [1.807, 2.05) is 6.26 Å². The molecule has 0 aliphatic rings. The Morgan fingerprint density at radius 3 is 2.00 bits per heavy atom. The quantitative estimate of drug-likeness (QED) is 0.107. The van der Waals surface area contributed by atoms with Gasteiger partial charge in [0, 0.05) is 12.8 Å². The number of hydrogen-bond donors (Lipinski definition) is 7. The first-order chi connectivity index (χ1) is 18.1. The summed E-state index contributed by atoms with van der Waals surface area (Å²) in [5.41, 5.74) is 17.4. The van der Waals surface area contributed by atoms with Crippen molar-refractivity contribution in [2.45, 2.75) is 69.1 Å². The van der Waals surface area contributed by atoms with E-state index < -0.39 is 53.8 Å². The van der Waals surface area contributed by atoms with Crippen molar-refractivity contribution in [2.24, 2.45) is 17.2 Å². The second-order valence-corrected chi connectivity index (χ2v) is 9.87.